The van der Waals surface area contributed by atoms with E-state index < -0.39 is 50.8 Å². The first-order valence-electron chi connectivity index (χ1n) is 16.8. The number of para-hydroxylation sites is 1. The minimum absolute atomic E-state index is 0.152. The van der Waals surface area contributed by atoms with E-state index in [9.17, 15) is 22.8 Å². The van der Waals surface area contributed by atoms with E-state index in [0.717, 1.165) is 48.0 Å². The Morgan fingerprint density at radius 1 is 1.02 bits per heavy atom. The summed E-state index contributed by atoms with van der Waals surface area (Å²) in [5.74, 6) is -1.57. The number of aromatic nitrogens is 1. The predicted octanol–water partition coefficient (Wildman–Crippen LogP) is 5.01. The molecule has 2 aliphatic heterocycles. The highest BCUT2D eigenvalue weighted by Crippen LogP contribution is 2.48. The zero-order valence-electron chi connectivity index (χ0n) is 26.5. The fourth-order valence-electron chi connectivity index (χ4n) is 7.06. The van der Waals surface area contributed by atoms with Crippen LogP contribution in [0.25, 0.3) is 10.2 Å². The normalized spacial score (nSPS) is 28.4. The van der Waals surface area contributed by atoms with Gasteiger partial charge in [0.15, 0.2) is 0 Å². The molecule has 4 fully saturated rings. The molecule has 7 rings (SSSR count). The molecule has 11 nitrogen and oxygen atoms in total. The highest BCUT2D eigenvalue weighted by molar-refractivity contribution is 7.91. The van der Waals surface area contributed by atoms with E-state index in [1.54, 1.807) is 11.0 Å². The van der Waals surface area contributed by atoms with E-state index in [4.69, 9.17) is 16.3 Å². The van der Waals surface area contributed by atoms with Crippen molar-refractivity contribution in [3.8, 4) is 5.19 Å². The van der Waals surface area contributed by atoms with Crippen molar-refractivity contribution >= 4 is 66.6 Å². The van der Waals surface area contributed by atoms with Gasteiger partial charge in [0.25, 0.3) is 11.1 Å². The van der Waals surface area contributed by atoms with Gasteiger partial charge in [-0.2, -0.15) is 0 Å². The number of fused-ring (bicyclic) bond motifs is 3. The average Bonchev–Trinajstić information content (AvgIpc) is 3.95. The molecule has 256 valence electrons. The van der Waals surface area contributed by atoms with Gasteiger partial charge in [-0.1, -0.05) is 73.2 Å². The molecule has 0 bridgehead atoms. The topological polar surface area (TPSA) is 147 Å². The lowest BCUT2D eigenvalue weighted by atomic mass is 10.0. The summed E-state index contributed by atoms with van der Waals surface area (Å²) in [6, 6.07) is 13.4. The van der Waals surface area contributed by atoms with Crippen LogP contribution in [0.3, 0.4) is 0 Å². The number of hydrogen-bond acceptors (Lipinski definition) is 9. The summed E-state index contributed by atoms with van der Waals surface area (Å²) in [6.07, 6.45) is 6.95. The van der Waals surface area contributed by atoms with E-state index in [1.807, 2.05) is 42.5 Å². The first-order valence-corrected chi connectivity index (χ1v) is 19.6. The summed E-state index contributed by atoms with van der Waals surface area (Å²) in [5.41, 5.74) is 0.214. The molecule has 3 heterocycles. The molecule has 4 aliphatic rings. The van der Waals surface area contributed by atoms with E-state index >= 15 is 0 Å². The van der Waals surface area contributed by atoms with Crippen molar-refractivity contribution in [3.63, 3.8) is 0 Å². The zero-order chi connectivity index (χ0) is 33.5. The summed E-state index contributed by atoms with van der Waals surface area (Å²) in [7, 11) is -3.81. The number of halogens is 1. The number of ether oxygens (including phenoxy) is 1. The van der Waals surface area contributed by atoms with Crippen molar-refractivity contribution in [1.82, 2.24) is 19.9 Å². The highest BCUT2D eigenvalue weighted by atomic mass is 35.5. The number of carbonyl (C=O) groups excluding carboxylic acids is 3. The third-order valence-corrected chi connectivity index (χ3v) is 12.9. The van der Waals surface area contributed by atoms with Crippen molar-refractivity contribution in [2.75, 3.05) is 11.9 Å². The van der Waals surface area contributed by atoms with Gasteiger partial charge in [-0.05, 0) is 68.4 Å². The maximum Gasteiger partial charge on any atom is 0.274 e. The number of carbonyl (C=O) groups is 3. The summed E-state index contributed by atoms with van der Waals surface area (Å²) < 4.78 is 35.0. The van der Waals surface area contributed by atoms with Crippen LogP contribution in [0.4, 0.5) is 5.69 Å². The van der Waals surface area contributed by atoms with Crippen LogP contribution >= 0.6 is 22.9 Å². The number of hydrogen-bond donors (Lipinski definition) is 3. The summed E-state index contributed by atoms with van der Waals surface area (Å²) in [4.78, 5) is 48.4. The molecule has 2 aromatic carbocycles. The number of anilines is 1. The van der Waals surface area contributed by atoms with Gasteiger partial charge in [0, 0.05) is 17.1 Å². The highest BCUT2D eigenvalue weighted by Gasteiger charge is 2.62. The van der Waals surface area contributed by atoms with Gasteiger partial charge in [0.2, 0.25) is 21.8 Å². The van der Waals surface area contributed by atoms with Crippen LogP contribution in [0.15, 0.2) is 48.5 Å². The second-order valence-electron chi connectivity index (χ2n) is 13.5. The number of amides is 3. The molecule has 0 unspecified atom stereocenters. The molecule has 48 heavy (non-hydrogen) atoms. The zero-order valence-corrected chi connectivity index (χ0v) is 28.9. The second-order valence-corrected chi connectivity index (χ2v) is 16.9. The molecule has 2 saturated heterocycles. The van der Waals surface area contributed by atoms with Crippen LogP contribution in [-0.4, -0.2) is 71.5 Å². The van der Waals surface area contributed by atoms with Crippen molar-refractivity contribution < 1.29 is 27.5 Å². The van der Waals surface area contributed by atoms with Crippen LogP contribution in [0, 0.1) is 5.92 Å². The van der Waals surface area contributed by atoms with Crippen LogP contribution in [0.2, 0.25) is 5.02 Å². The van der Waals surface area contributed by atoms with E-state index in [0.29, 0.717) is 42.3 Å². The Labute approximate surface area is 289 Å². The molecule has 3 amide bonds. The number of nitrogens with one attached hydrogen (secondary N) is 3. The number of benzene rings is 2. The fourth-order valence-corrected chi connectivity index (χ4v) is 9.58. The number of thiazole rings is 1. The molecular weight excluding hydrogens is 674 g/mol. The van der Waals surface area contributed by atoms with Gasteiger partial charge in [-0.25, -0.2) is 13.4 Å². The second kappa shape index (κ2) is 13.5. The lowest BCUT2D eigenvalue weighted by molar-refractivity contribution is -0.140. The minimum atomic E-state index is -3.81. The maximum absolute atomic E-state index is 14.4. The van der Waals surface area contributed by atoms with E-state index in [-0.39, 0.29) is 24.8 Å². The third kappa shape index (κ3) is 7.13. The number of sulfonamides is 1. The van der Waals surface area contributed by atoms with Gasteiger partial charge < -0.3 is 20.3 Å². The Morgan fingerprint density at radius 3 is 2.54 bits per heavy atom. The third-order valence-electron chi connectivity index (χ3n) is 9.96. The molecule has 2 saturated carbocycles. The summed E-state index contributed by atoms with van der Waals surface area (Å²) >= 11 is 7.52. The average molecular weight is 714 g/mol. The van der Waals surface area contributed by atoms with Gasteiger partial charge in [-0.3, -0.25) is 19.1 Å². The molecule has 14 heteroatoms. The molecular formula is C34H40ClN5O6S2. The van der Waals surface area contributed by atoms with Gasteiger partial charge >= 0.3 is 0 Å². The standard InChI is InChI=1S/C34H40ClN5O6S2/c35-22-13-16-26-29(17-22)47-33(37-26)46-24-18-28-30(41)38-34(32(43)39-48(44,45)25-14-15-25)19-21(34)9-5-2-1-3-8-12-27(31(42)40(28)20-24)36-23-10-6-4-7-11-23/h4,6-7,10-11,13,16-17,21,24-25,27-28,36H,1-3,5,8-9,12,14-15,18-20H2,(H,38,41)(H,39,43)/t21-,24-,27+,28+,34-/m1/s1. The van der Waals surface area contributed by atoms with E-state index in [1.165, 1.54) is 11.3 Å². The van der Waals surface area contributed by atoms with Crippen LogP contribution in [0.5, 0.6) is 5.19 Å². The van der Waals surface area contributed by atoms with Gasteiger partial charge in [-0.15, -0.1) is 0 Å². The van der Waals surface area contributed by atoms with Gasteiger partial charge in [0.1, 0.15) is 23.7 Å². The minimum Gasteiger partial charge on any atom is -0.465 e. The Balaban J connectivity index is 1.17. The van der Waals surface area contributed by atoms with Crippen molar-refractivity contribution in [2.24, 2.45) is 5.92 Å². The summed E-state index contributed by atoms with van der Waals surface area (Å²) in [6.45, 7) is 0.152. The predicted molar refractivity (Wildman–Crippen MR) is 184 cm³/mol. The summed E-state index contributed by atoms with van der Waals surface area (Å²) in [5, 5.41) is 6.81. The molecule has 2 aliphatic carbocycles. The molecule has 3 aromatic rings. The molecule has 0 radical (unpaired) electrons. The molecule has 1 aromatic heterocycles. The first kappa shape index (κ1) is 33.1. The fraction of sp³-hybridized carbons (Fsp3) is 0.529. The quantitative estimate of drug-likeness (QED) is 0.310. The Hall–Kier alpha value is -3.42. The van der Waals surface area contributed by atoms with Crippen LogP contribution in [-0.2, 0) is 24.4 Å². The molecule has 0 spiro atoms. The monoisotopic (exact) mass is 713 g/mol. The lowest BCUT2D eigenvalue weighted by Crippen LogP contribution is -2.57. The molecule has 3 N–H and O–H groups in total. The Kier molecular flexibility index (Phi) is 9.29. The van der Waals surface area contributed by atoms with Gasteiger partial charge in [0.05, 0.1) is 22.0 Å². The Bertz CT molecular complexity index is 1800. The SMILES string of the molecule is O=C1N[C@]2(C(=O)NS(=O)(=O)C3CC3)C[C@H]2CCCCCCC[C@H](Nc2ccccc2)C(=O)N2C[C@H](Oc3nc4ccc(Cl)cc4s3)C[C@@H]12. The smallest absolute Gasteiger partial charge is 0.274 e. The first-order chi connectivity index (χ1) is 23.1. The molecule has 5 atom stereocenters. The van der Waals surface area contributed by atoms with E-state index in [2.05, 4.69) is 20.3 Å². The largest absolute Gasteiger partial charge is 0.465 e. The van der Waals surface area contributed by atoms with Crippen molar-refractivity contribution in [3.05, 3.63) is 53.6 Å². The lowest BCUT2D eigenvalue weighted by Gasteiger charge is -2.30. The van der Waals surface area contributed by atoms with Crippen molar-refractivity contribution in [2.45, 2.75) is 99.6 Å². The number of nitrogens with zero attached hydrogens (tertiary/aromatic N) is 2. The number of rotatable bonds is 7. The van der Waals surface area contributed by atoms with Crippen LogP contribution < -0.4 is 20.1 Å². The Morgan fingerprint density at radius 2 is 1.77 bits per heavy atom. The maximum atomic E-state index is 14.4. The van der Waals surface area contributed by atoms with Crippen LogP contribution in [0.1, 0.15) is 70.6 Å². The van der Waals surface area contributed by atoms with Crippen molar-refractivity contribution in [1.29, 1.82) is 0 Å².